The molecule has 0 radical (unpaired) electrons. The van der Waals surface area contributed by atoms with E-state index in [0.29, 0.717) is 0 Å². The number of rotatable bonds is 2. The van der Waals surface area contributed by atoms with Crippen molar-refractivity contribution in [2.75, 3.05) is 0 Å². The zero-order valence-electron chi connectivity index (χ0n) is 9.59. The highest BCUT2D eigenvalue weighted by Gasteiger charge is 2.05. The molecule has 0 aliphatic carbocycles. The summed E-state index contributed by atoms with van der Waals surface area (Å²) in [5, 5.41) is 8.86. The molecular weight excluding hydrogens is 208 g/mol. The van der Waals surface area contributed by atoms with Gasteiger partial charge in [0.05, 0.1) is 11.8 Å². The number of allylic oxidation sites excluding steroid dienone is 1. The molecule has 2 rings (SSSR count). The van der Waals surface area contributed by atoms with E-state index in [2.05, 4.69) is 11.1 Å². The van der Waals surface area contributed by atoms with Gasteiger partial charge in [-0.2, -0.15) is 5.26 Å². The number of aromatic nitrogens is 1. The maximum absolute atomic E-state index is 8.86. The van der Waals surface area contributed by atoms with Crippen LogP contribution < -0.4 is 0 Å². The average Bonchev–Trinajstić information content (AvgIpc) is 2.38. The maximum atomic E-state index is 8.86. The number of pyridine rings is 1. The number of benzene rings is 1. The van der Waals surface area contributed by atoms with Crippen molar-refractivity contribution >= 4 is 5.57 Å². The van der Waals surface area contributed by atoms with E-state index < -0.39 is 0 Å². The lowest BCUT2D eigenvalue weighted by Gasteiger charge is -2.06. The smallest absolute Gasteiger partial charge is 0.0919 e. The molecule has 2 heteroatoms. The molecule has 0 aliphatic heterocycles. The summed E-state index contributed by atoms with van der Waals surface area (Å²) >= 11 is 0. The van der Waals surface area contributed by atoms with Crippen LogP contribution in [0.15, 0.2) is 54.7 Å². The van der Waals surface area contributed by atoms with E-state index in [-0.39, 0.29) is 0 Å². The van der Waals surface area contributed by atoms with Crippen LogP contribution in [0.4, 0.5) is 0 Å². The number of hydrogen-bond acceptors (Lipinski definition) is 2. The molecule has 1 aromatic heterocycles. The Hall–Kier alpha value is -2.40. The standard InChI is InChI=1S/C15H12N2/c1-12-5-7-13(8-6-12)14(9-10-16)15-4-2-3-11-17-15/h2-9,11H,1H3. The summed E-state index contributed by atoms with van der Waals surface area (Å²) in [6.45, 7) is 2.04. The largest absolute Gasteiger partial charge is 0.256 e. The normalized spacial score (nSPS) is 10.9. The minimum atomic E-state index is 0.818. The summed E-state index contributed by atoms with van der Waals surface area (Å²) in [6.07, 6.45) is 3.27. The van der Waals surface area contributed by atoms with Gasteiger partial charge in [-0.05, 0) is 24.6 Å². The zero-order chi connectivity index (χ0) is 12.1. The van der Waals surface area contributed by atoms with E-state index >= 15 is 0 Å². The Kier molecular flexibility index (Phi) is 3.32. The van der Waals surface area contributed by atoms with Gasteiger partial charge in [0.2, 0.25) is 0 Å². The van der Waals surface area contributed by atoms with E-state index in [0.717, 1.165) is 16.8 Å². The quantitative estimate of drug-likeness (QED) is 0.728. The molecule has 17 heavy (non-hydrogen) atoms. The second-order valence-corrected chi connectivity index (χ2v) is 3.77. The van der Waals surface area contributed by atoms with Crippen LogP contribution in [0.1, 0.15) is 16.8 Å². The van der Waals surface area contributed by atoms with Crippen LogP contribution in [-0.2, 0) is 0 Å². The maximum Gasteiger partial charge on any atom is 0.0919 e. The molecule has 2 nitrogen and oxygen atoms in total. The highest BCUT2D eigenvalue weighted by molar-refractivity contribution is 5.79. The highest BCUT2D eigenvalue weighted by atomic mass is 14.7. The van der Waals surface area contributed by atoms with Crippen LogP contribution in [0.5, 0.6) is 0 Å². The van der Waals surface area contributed by atoms with Crippen LogP contribution in [-0.4, -0.2) is 4.98 Å². The lowest BCUT2D eigenvalue weighted by atomic mass is 10.0. The van der Waals surface area contributed by atoms with Crippen LogP contribution in [0.3, 0.4) is 0 Å². The fourth-order valence-corrected chi connectivity index (χ4v) is 1.62. The van der Waals surface area contributed by atoms with Crippen molar-refractivity contribution in [3.05, 3.63) is 71.6 Å². The molecule has 0 amide bonds. The second kappa shape index (κ2) is 5.09. The van der Waals surface area contributed by atoms with E-state index in [9.17, 15) is 0 Å². The van der Waals surface area contributed by atoms with E-state index in [1.54, 1.807) is 6.20 Å². The fourth-order valence-electron chi connectivity index (χ4n) is 1.62. The van der Waals surface area contributed by atoms with Crippen LogP contribution in [0.2, 0.25) is 0 Å². The summed E-state index contributed by atoms with van der Waals surface area (Å²) in [5.41, 5.74) is 3.88. The fraction of sp³-hybridized carbons (Fsp3) is 0.0667. The third-order valence-electron chi connectivity index (χ3n) is 2.51. The Morgan fingerprint density at radius 1 is 1.18 bits per heavy atom. The van der Waals surface area contributed by atoms with E-state index in [4.69, 9.17) is 5.26 Å². The molecule has 0 atom stereocenters. The molecule has 0 unspecified atom stereocenters. The molecule has 1 heterocycles. The molecular formula is C15H12N2. The highest BCUT2D eigenvalue weighted by Crippen LogP contribution is 2.21. The van der Waals surface area contributed by atoms with Crippen molar-refractivity contribution in [1.82, 2.24) is 4.98 Å². The summed E-state index contributed by atoms with van der Waals surface area (Å²) in [6, 6.07) is 15.8. The van der Waals surface area contributed by atoms with E-state index in [1.165, 1.54) is 11.6 Å². The first-order valence-corrected chi connectivity index (χ1v) is 5.39. The van der Waals surface area contributed by atoms with Crippen LogP contribution in [0.25, 0.3) is 5.57 Å². The summed E-state index contributed by atoms with van der Waals surface area (Å²) < 4.78 is 0. The third-order valence-corrected chi connectivity index (χ3v) is 2.51. The van der Waals surface area contributed by atoms with Gasteiger partial charge in [0.25, 0.3) is 0 Å². The van der Waals surface area contributed by atoms with Crippen molar-refractivity contribution in [3.8, 4) is 6.07 Å². The lowest BCUT2D eigenvalue weighted by molar-refractivity contribution is 1.27. The Labute approximate surface area is 101 Å². The van der Waals surface area contributed by atoms with Crippen molar-refractivity contribution in [2.45, 2.75) is 6.92 Å². The predicted octanol–water partition coefficient (Wildman–Crippen LogP) is 3.35. The van der Waals surface area contributed by atoms with Gasteiger partial charge in [0, 0.05) is 17.8 Å². The van der Waals surface area contributed by atoms with Gasteiger partial charge >= 0.3 is 0 Å². The van der Waals surface area contributed by atoms with Gasteiger partial charge in [-0.25, -0.2) is 0 Å². The summed E-state index contributed by atoms with van der Waals surface area (Å²) in [5.74, 6) is 0. The number of nitriles is 1. The van der Waals surface area contributed by atoms with Crippen LogP contribution in [0, 0.1) is 18.3 Å². The minimum absolute atomic E-state index is 0.818. The van der Waals surface area contributed by atoms with Gasteiger partial charge in [-0.1, -0.05) is 35.9 Å². The van der Waals surface area contributed by atoms with Crippen molar-refractivity contribution in [2.24, 2.45) is 0 Å². The summed E-state index contributed by atoms with van der Waals surface area (Å²) in [4.78, 5) is 4.28. The van der Waals surface area contributed by atoms with Gasteiger partial charge < -0.3 is 0 Å². The van der Waals surface area contributed by atoms with E-state index in [1.807, 2.05) is 49.4 Å². The monoisotopic (exact) mass is 220 g/mol. The number of hydrogen-bond donors (Lipinski definition) is 0. The number of nitrogens with zero attached hydrogens (tertiary/aromatic N) is 2. The average molecular weight is 220 g/mol. The van der Waals surface area contributed by atoms with Gasteiger partial charge in [0.15, 0.2) is 0 Å². The zero-order valence-corrected chi connectivity index (χ0v) is 9.59. The first-order valence-electron chi connectivity index (χ1n) is 5.39. The topological polar surface area (TPSA) is 36.7 Å². The Balaban J connectivity index is 2.48. The molecule has 0 spiro atoms. The molecule has 0 fully saturated rings. The van der Waals surface area contributed by atoms with Gasteiger partial charge in [-0.15, -0.1) is 0 Å². The molecule has 0 N–H and O–H groups in total. The molecule has 0 aliphatic rings. The van der Waals surface area contributed by atoms with Gasteiger partial charge in [-0.3, -0.25) is 4.98 Å². The van der Waals surface area contributed by atoms with Crippen molar-refractivity contribution < 1.29 is 0 Å². The minimum Gasteiger partial charge on any atom is -0.256 e. The molecule has 2 aromatic rings. The lowest BCUT2D eigenvalue weighted by Crippen LogP contribution is -1.91. The van der Waals surface area contributed by atoms with Crippen molar-refractivity contribution in [1.29, 1.82) is 5.26 Å². The second-order valence-electron chi connectivity index (χ2n) is 3.77. The molecule has 0 saturated carbocycles. The molecule has 0 bridgehead atoms. The predicted molar refractivity (Wildman–Crippen MR) is 68.1 cm³/mol. The molecule has 0 saturated heterocycles. The third kappa shape index (κ3) is 2.59. The Morgan fingerprint density at radius 3 is 2.53 bits per heavy atom. The number of aryl methyl sites for hydroxylation is 1. The van der Waals surface area contributed by atoms with Crippen molar-refractivity contribution in [3.63, 3.8) is 0 Å². The molecule has 1 aromatic carbocycles. The first kappa shape index (κ1) is 11.1. The Bertz CT molecular complexity index is 560. The Morgan fingerprint density at radius 2 is 1.94 bits per heavy atom. The summed E-state index contributed by atoms with van der Waals surface area (Å²) in [7, 11) is 0. The molecule has 82 valence electrons. The van der Waals surface area contributed by atoms with Gasteiger partial charge in [0.1, 0.15) is 0 Å². The van der Waals surface area contributed by atoms with Crippen LogP contribution >= 0.6 is 0 Å². The SMILES string of the molecule is Cc1ccc(C(=CC#N)c2ccccn2)cc1. The first-order chi connectivity index (χ1) is 8.31.